The van der Waals surface area contributed by atoms with Gasteiger partial charge in [0.1, 0.15) is 12.4 Å². The minimum absolute atomic E-state index is 0.134. The monoisotopic (exact) mass is 269 g/mol. The fourth-order valence-electron chi connectivity index (χ4n) is 1.73. The molecule has 0 saturated carbocycles. The highest BCUT2D eigenvalue weighted by Gasteiger charge is 2.02. The molecule has 0 aliphatic rings. The van der Waals surface area contributed by atoms with Crippen molar-refractivity contribution in [2.75, 3.05) is 0 Å². The van der Waals surface area contributed by atoms with Crippen LogP contribution in [0, 0.1) is 0 Å². The van der Waals surface area contributed by atoms with Crippen LogP contribution in [0.2, 0.25) is 0 Å². The van der Waals surface area contributed by atoms with E-state index in [1.54, 1.807) is 6.21 Å². The minimum Gasteiger partial charge on any atom is -0.490 e. The molecule has 0 unspecified atom stereocenters. The van der Waals surface area contributed by atoms with Crippen LogP contribution in [0.25, 0.3) is 0 Å². The van der Waals surface area contributed by atoms with Gasteiger partial charge in [0.25, 0.3) is 0 Å². The van der Waals surface area contributed by atoms with E-state index < -0.39 is 0 Å². The molecule has 0 N–H and O–H groups in total. The van der Waals surface area contributed by atoms with Crippen molar-refractivity contribution in [3.63, 3.8) is 0 Å². The standard InChI is InChI=1S/C17H19NO2/c1-14(2)20-17-11-7-6-10-16(17)12-18-19-13-15-8-4-3-5-9-15/h3-12,14H,13H2,1-2H3/b18-12+. The van der Waals surface area contributed by atoms with E-state index in [2.05, 4.69) is 5.16 Å². The molecule has 104 valence electrons. The lowest BCUT2D eigenvalue weighted by Crippen LogP contribution is -2.07. The van der Waals surface area contributed by atoms with Crippen molar-refractivity contribution in [2.24, 2.45) is 5.16 Å². The first-order valence-electron chi connectivity index (χ1n) is 6.70. The molecule has 0 aliphatic carbocycles. The normalized spacial score (nSPS) is 10.9. The van der Waals surface area contributed by atoms with Crippen molar-refractivity contribution in [1.82, 2.24) is 0 Å². The van der Waals surface area contributed by atoms with E-state index in [9.17, 15) is 0 Å². The molecule has 0 radical (unpaired) electrons. The lowest BCUT2D eigenvalue weighted by atomic mass is 10.2. The molecule has 0 fully saturated rings. The highest BCUT2D eigenvalue weighted by atomic mass is 16.6. The summed E-state index contributed by atoms with van der Waals surface area (Å²) in [6, 6.07) is 17.7. The topological polar surface area (TPSA) is 30.8 Å². The zero-order valence-corrected chi connectivity index (χ0v) is 11.8. The second kappa shape index (κ2) is 7.34. The summed E-state index contributed by atoms with van der Waals surface area (Å²) in [5.41, 5.74) is 2.01. The number of nitrogens with zero attached hydrogens (tertiary/aromatic N) is 1. The van der Waals surface area contributed by atoms with Gasteiger partial charge in [0.05, 0.1) is 12.3 Å². The van der Waals surface area contributed by atoms with Crippen LogP contribution in [0.1, 0.15) is 25.0 Å². The number of benzene rings is 2. The minimum atomic E-state index is 0.134. The number of para-hydroxylation sites is 1. The fraction of sp³-hybridized carbons (Fsp3) is 0.235. The average Bonchev–Trinajstić information content (AvgIpc) is 2.46. The summed E-state index contributed by atoms with van der Waals surface area (Å²) < 4.78 is 5.71. The summed E-state index contributed by atoms with van der Waals surface area (Å²) in [5.74, 6) is 0.814. The van der Waals surface area contributed by atoms with Gasteiger partial charge in [-0.3, -0.25) is 0 Å². The van der Waals surface area contributed by atoms with Crippen LogP contribution in [0.3, 0.4) is 0 Å². The van der Waals surface area contributed by atoms with Crippen LogP contribution in [0.4, 0.5) is 0 Å². The summed E-state index contributed by atoms with van der Waals surface area (Å²) in [7, 11) is 0. The van der Waals surface area contributed by atoms with Gasteiger partial charge in [-0.15, -0.1) is 0 Å². The molecule has 20 heavy (non-hydrogen) atoms. The Morgan fingerprint density at radius 1 is 1.00 bits per heavy atom. The van der Waals surface area contributed by atoms with Gasteiger partial charge in [-0.1, -0.05) is 47.6 Å². The molecular formula is C17H19NO2. The summed E-state index contributed by atoms with van der Waals surface area (Å²) in [6.45, 7) is 4.46. The van der Waals surface area contributed by atoms with E-state index in [-0.39, 0.29) is 6.10 Å². The number of ether oxygens (including phenoxy) is 1. The van der Waals surface area contributed by atoms with Gasteiger partial charge in [-0.05, 0) is 31.5 Å². The van der Waals surface area contributed by atoms with Gasteiger partial charge in [0, 0.05) is 5.56 Å². The highest BCUT2D eigenvalue weighted by Crippen LogP contribution is 2.17. The first-order valence-corrected chi connectivity index (χ1v) is 6.70. The zero-order chi connectivity index (χ0) is 14.2. The van der Waals surface area contributed by atoms with Gasteiger partial charge >= 0.3 is 0 Å². The van der Waals surface area contributed by atoms with Gasteiger partial charge in [-0.25, -0.2) is 0 Å². The van der Waals surface area contributed by atoms with Crippen molar-refractivity contribution in [3.8, 4) is 5.75 Å². The SMILES string of the molecule is CC(C)Oc1ccccc1/C=N/OCc1ccccc1. The van der Waals surface area contributed by atoms with E-state index in [0.717, 1.165) is 16.9 Å². The first-order chi connectivity index (χ1) is 9.75. The first kappa shape index (κ1) is 14.1. The second-order valence-electron chi connectivity index (χ2n) is 4.70. The Bertz CT molecular complexity index is 550. The maximum absolute atomic E-state index is 5.71. The van der Waals surface area contributed by atoms with Crippen molar-refractivity contribution < 1.29 is 9.57 Å². The smallest absolute Gasteiger partial charge is 0.142 e. The van der Waals surface area contributed by atoms with E-state index in [1.807, 2.05) is 68.4 Å². The second-order valence-corrected chi connectivity index (χ2v) is 4.70. The lowest BCUT2D eigenvalue weighted by molar-refractivity contribution is 0.132. The average molecular weight is 269 g/mol. The molecular weight excluding hydrogens is 250 g/mol. The van der Waals surface area contributed by atoms with E-state index in [1.165, 1.54) is 0 Å². The van der Waals surface area contributed by atoms with Crippen LogP contribution in [-0.2, 0) is 11.4 Å². The number of hydrogen-bond acceptors (Lipinski definition) is 3. The molecule has 0 amide bonds. The van der Waals surface area contributed by atoms with Gasteiger partial charge in [0.2, 0.25) is 0 Å². The van der Waals surface area contributed by atoms with Gasteiger partial charge in [0.15, 0.2) is 0 Å². The molecule has 0 aliphatic heterocycles. The molecule has 3 nitrogen and oxygen atoms in total. The van der Waals surface area contributed by atoms with E-state index in [0.29, 0.717) is 6.61 Å². The third-order valence-corrected chi connectivity index (χ3v) is 2.62. The summed E-state index contributed by atoms with van der Waals surface area (Å²) in [4.78, 5) is 5.30. The van der Waals surface area contributed by atoms with Gasteiger partial charge in [-0.2, -0.15) is 0 Å². The largest absolute Gasteiger partial charge is 0.490 e. The Labute approximate surface area is 119 Å². The predicted molar refractivity (Wildman–Crippen MR) is 81.0 cm³/mol. The zero-order valence-electron chi connectivity index (χ0n) is 11.8. The van der Waals surface area contributed by atoms with Crippen molar-refractivity contribution in [3.05, 3.63) is 65.7 Å². The van der Waals surface area contributed by atoms with Crippen molar-refractivity contribution >= 4 is 6.21 Å². The van der Waals surface area contributed by atoms with Crippen LogP contribution in [0.15, 0.2) is 59.8 Å². The van der Waals surface area contributed by atoms with E-state index in [4.69, 9.17) is 9.57 Å². The number of hydrogen-bond donors (Lipinski definition) is 0. The van der Waals surface area contributed by atoms with Crippen molar-refractivity contribution in [2.45, 2.75) is 26.6 Å². The Kier molecular flexibility index (Phi) is 5.18. The molecule has 0 saturated heterocycles. The lowest BCUT2D eigenvalue weighted by Gasteiger charge is -2.11. The highest BCUT2D eigenvalue weighted by molar-refractivity contribution is 5.83. The summed E-state index contributed by atoms with van der Waals surface area (Å²) in [5, 5.41) is 4.00. The fourth-order valence-corrected chi connectivity index (χ4v) is 1.73. The maximum atomic E-state index is 5.71. The number of oxime groups is 1. The van der Waals surface area contributed by atoms with E-state index >= 15 is 0 Å². The molecule has 0 heterocycles. The Hall–Kier alpha value is -2.29. The molecule has 2 aromatic carbocycles. The van der Waals surface area contributed by atoms with Crippen LogP contribution in [-0.4, -0.2) is 12.3 Å². The van der Waals surface area contributed by atoms with Gasteiger partial charge < -0.3 is 9.57 Å². The number of rotatable bonds is 6. The molecule has 0 spiro atoms. The quantitative estimate of drug-likeness (QED) is 0.585. The van der Waals surface area contributed by atoms with Crippen molar-refractivity contribution in [1.29, 1.82) is 0 Å². The third-order valence-electron chi connectivity index (χ3n) is 2.62. The predicted octanol–water partition coefficient (Wildman–Crippen LogP) is 4.02. The van der Waals surface area contributed by atoms with Crippen LogP contribution >= 0.6 is 0 Å². The molecule has 2 aromatic rings. The Morgan fingerprint density at radius 2 is 1.70 bits per heavy atom. The Morgan fingerprint density at radius 3 is 2.45 bits per heavy atom. The summed E-state index contributed by atoms with van der Waals surface area (Å²) in [6.07, 6.45) is 1.82. The molecule has 0 atom stereocenters. The third kappa shape index (κ3) is 4.43. The van der Waals surface area contributed by atoms with Crippen LogP contribution < -0.4 is 4.74 Å². The molecule has 0 aromatic heterocycles. The maximum Gasteiger partial charge on any atom is 0.142 e. The Balaban J connectivity index is 1.94. The molecule has 0 bridgehead atoms. The van der Waals surface area contributed by atoms with Crippen LogP contribution in [0.5, 0.6) is 5.75 Å². The summed E-state index contributed by atoms with van der Waals surface area (Å²) >= 11 is 0. The molecule has 3 heteroatoms. The molecule has 2 rings (SSSR count).